The number of imidazole rings is 1. The zero-order valence-electron chi connectivity index (χ0n) is 17.8. The van der Waals surface area contributed by atoms with Crippen molar-refractivity contribution in [3.8, 4) is 23.0 Å². The molecule has 0 aliphatic heterocycles. The topological polar surface area (TPSA) is 64.3 Å². The van der Waals surface area contributed by atoms with E-state index in [2.05, 4.69) is 47.9 Å². The summed E-state index contributed by atoms with van der Waals surface area (Å²) in [7, 11) is 0. The summed E-state index contributed by atoms with van der Waals surface area (Å²) in [6.45, 7) is 4.69. The van der Waals surface area contributed by atoms with Crippen LogP contribution in [0.3, 0.4) is 0 Å². The Balaban J connectivity index is 1.71. The van der Waals surface area contributed by atoms with Crippen LogP contribution in [0, 0.1) is 13.8 Å². The van der Waals surface area contributed by atoms with E-state index < -0.39 is 5.97 Å². The van der Waals surface area contributed by atoms with Crippen molar-refractivity contribution >= 4 is 5.97 Å². The van der Waals surface area contributed by atoms with Gasteiger partial charge in [-0.3, -0.25) is 9.36 Å². The van der Waals surface area contributed by atoms with Gasteiger partial charge in [0.15, 0.2) is 0 Å². The van der Waals surface area contributed by atoms with Crippen LogP contribution >= 0.6 is 0 Å². The SMILES string of the molecule is Cc1ccc(-n2c(OCCCCCCCC(=O)O)nc(C)c2-c2ccccc2)cc1. The molecule has 0 aliphatic carbocycles. The van der Waals surface area contributed by atoms with E-state index >= 15 is 0 Å². The summed E-state index contributed by atoms with van der Waals surface area (Å²) in [6, 6.07) is 19.3. The molecule has 0 aliphatic rings. The highest BCUT2D eigenvalue weighted by molar-refractivity contribution is 5.67. The van der Waals surface area contributed by atoms with Crippen LogP contribution in [0.4, 0.5) is 0 Å². The Morgan fingerprint density at radius 1 is 0.933 bits per heavy atom. The largest absolute Gasteiger partial charge is 0.481 e. The lowest BCUT2D eigenvalue weighted by Crippen LogP contribution is -2.05. The number of aryl methyl sites for hydroxylation is 2. The molecule has 0 bridgehead atoms. The van der Waals surface area contributed by atoms with Crippen molar-refractivity contribution in [2.45, 2.75) is 52.4 Å². The van der Waals surface area contributed by atoms with Crippen LogP contribution in [0.25, 0.3) is 16.9 Å². The van der Waals surface area contributed by atoms with Crippen LogP contribution in [0.15, 0.2) is 54.6 Å². The number of ether oxygens (including phenoxy) is 1. The molecule has 1 heterocycles. The van der Waals surface area contributed by atoms with Gasteiger partial charge in [0.05, 0.1) is 23.7 Å². The van der Waals surface area contributed by atoms with Gasteiger partial charge in [-0.25, -0.2) is 0 Å². The summed E-state index contributed by atoms with van der Waals surface area (Å²) in [4.78, 5) is 15.3. The monoisotopic (exact) mass is 406 g/mol. The highest BCUT2D eigenvalue weighted by atomic mass is 16.5. The fraction of sp³-hybridized carbons (Fsp3) is 0.360. The molecule has 0 amide bonds. The molecular formula is C25H30N2O3. The molecule has 0 fully saturated rings. The lowest BCUT2D eigenvalue weighted by molar-refractivity contribution is -0.137. The maximum absolute atomic E-state index is 10.6. The first-order chi connectivity index (χ1) is 14.6. The highest BCUT2D eigenvalue weighted by Gasteiger charge is 2.18. The number of hydrogen-bond acceptors (Lipinski definition) is 3. The van der Waals surface area contributed by atoms with E-state index in [1.54, 1.807) is 0 Å². The zero-order chi connectivity index (χ0) is 21.3. The van der Waals surface area contributed by atoms with Crippen molar-refractivity contribution in [1.29, 1.82) is 0 Å². The molecule has 0 spiro atoms. The van der Waals surface area contributed by atoms with E-state index in [0.717, 1.165) is 54.7 Å². The van der Waals surface area contributed by atoms with Gasteiger partial charge in [0.2, 0.25) is 0 Å². The molecule has 3 aromatic rings. The fourth-order valence-electron chi connectivity index (χ4n) is 3.54. The number of unbranched alkanes of at least 4 members (excludes halogenated alkanes) is 4. The second-order valence-electron chi connectivity index (χ2n) is 7.63. The van der Waals surface area contributed by atoms with Gasteiger partial charge in [-0.15, -0.1) is 0 Å². The predicted molar refractivity (Wildman–Crippen MR) is 119 cm³/mol. The standard InChI is InChI=1S/C25H30N2O3/c1-19-14-16-22(17-15-19)27-24(21-11-7-6-8-12-21)20(2)26-25(27)30-18-10-5-3-4-9-13-23(28)29/h6-8,11-12,14-17H,3-5,9-10,13,18H2,1-2H3,(H,28,29). The number of nitrogens with zero attached hydrogens (tertiary/aromatic N) is 2. The second-order valence-corrected chi connectivity index (χ2v) is 7.63. The lowest BCUT2D eigenvalue weighted by Gasteiger charge is -2.13. The maximum Gasteiger partial charge on any atom is 0.303 e. The number of rotatable bonds is 11. The van der Waals surface area contributed by atoms with Crippen LogP contribution in [-0.4, -0.2) is 27.2 Å². The van der Waals surface area contributed by atoms with Gasteiger partial charge < -0.3 is 9.84 Å². The van der Waals surface area contributed by atoms with E-state index in [1.165, 1.54) is 5.56 Å². The molecule has 0 unspecified atom stereocenters. The van der Waals surface area contributed by atoms with E-state index in [-0.39, 0.29) is 6.42 Å². The molecule has 5 nitrogen and oxygen atoms in total. The third-order valence-corrected chi connectivity index (χ3v) is 5.13. The van der Waals surface area contributed by atoms with Crippen LogP contribution in [0.2, 0.25) is 0 Å². The van der Waals surface area contributed by atoms with Gasteiger partial charge in [-0.1, -0.05) is 67.3 Å². The summed E-state index contributed by atoms with van der Waals surface area (Å²) >= 11 is 0. The Morgan fingerprint density at radius 3 is 2.30 bits per heavy atom. The minimum absolute atomic E-state index is 0.256. The molecular weight excluding hydrogens is 376 g/mol. The molecule has 30 heavy (non-hydrogen) atoms. The summed E-state index contributed by atoms with van der Waals surface area (Å²) in [5.41, 5.74) is 5.33. The van der Waals surface area contributed by atoms with Gasteiger partial charge >= 0.3 is 12.0 Å². The number of carbonyl (C=O) groups is 1. The van der Waals surface area contributed by atoms with Gasteiger partial charge in [0.25, 0.3) is 0 Å². The van der Waals surface area contributed by atoms with Crippen molar-refractivity contribution in [1.82, 2.24) is 9.55 Å². The zero-order valence-corrected chi connectivity index (χ0v) is 17.8. The summed E-state index contributed by atoms with van der Waals surface area (Å²) in [6.07, 6.45) is 4.92. The summed E-state index contributed by atoms with van der Waals surface area (Å²) in [5.74, 6) is -0.717. The predicted octanol–water partition coefficient (Wildman–Crippen LogP) is 5.96. The Bertz CT molecular complexity index is 947. The third kappa shape index (κ3) is 5.72. The molecule has 158 valence electrons. The molecule has 5 heteroatoms. The van der Waals surface area contributed by atoms with Crippen LogP contribution < -0.4 is 4.74 Å². The van der Waals surface area contributed by atoms with Crippen LogP contribution in [-0.2, 0) is 4.79 Å². The second kappa shape index (κ2) is 10.6. The number of aliphatic carboxylic acids is 1. The quantitative estimate of drug-likeness (QED) is 0.399. The van der Waals surface area contributed by atoms with Gasteiger partial charge in [0, 0.05) is 12.0 Å². The number of carboxylic acid groups (broad SMARTS) is 1. The van der Waals surface area contributed by atoms with Crippen molar-refractivity contribution in [2.24, 2.45) is 0 Å². The minimum Gasteiger partial charge on any atom is -0.481 e. The van der Waals surface area contributed by atoms with Crippen molar-refractivity contribution in [2.75, 3.05) is 6.61 Å². The Morgan fingerprint density at radius 2 is 1.60 bits per heavy atom. The molecule has 0 radical (unpaired) electrons. The van der Waals surface area contributed by atoms with E-state index in [9.17, 15) is 4.79 Å². The molecule has 0 atom stereocenters. The van der Waals surface area contributed by atoms with Crippen molar-refractivity contribution < 1.29 is 14.6 Å². The Labute approximate surface area is 178 Å². The number of carboxylic acids is 1. The van der Waals surface area contributed by atoms with Gasteiger partial charge in [-0.05, 0) is 38.8 Å². The number of aromatic nitrogens is 2. The van der Waals surface area contributed by atoms with Crippen LogP contribution in [0.1, 0.15) is 49.8 Å². The average molecular weight is 407 g/mol. The molecule has 1 aromatic heterocycles. The molecule has 0 saturated heterocycles. The van der Waals surface area contributed by atoms with Crippen molar-refractivity contribution in [3.05, 3.63) is 65.9 Å². The first-order valence-electron chi connectivity index (χ1n) is 10.6. The average Bonchev–Trinajstić information content (AvgIpc) is 3.07. The fourth-order valence-corrected chi connectivity index (χ4v) is 3.54. The molecule has 2 aromatic carbocycles. The lowest BCUT2D eigenvalue weighted by atomic mass is 10.1. The first-order valence-corrected chi connectivity index (χ1v) is 10.6. The van der Waals surface area contributed by atoms with Gasteiger partial charge in [0.1, 0.15) is 0 Å². The van der Waals surface area contributed by atoms with E-state index in [4.69, 9.17) is 14.8 Å². The normalized spacial score (nSPS) is 10.9. The summed E-state index contributed by atoms with van der Waals surface area (Å²) in [5, 5.41) is 8.69. The minimum atomic E-state index is -0.717. The Kier molecular flexibility index (Phi) is 7.66. The molecule has 1 N–H and O–H groups in total. The number of hydrogen-bond donors (Lipinski definition) is 1. The Hall–Kier alpha value is -3.08. The molecule has 0 saturated carbocycles. The molecule has 3 rings (SSSR count). The van der Waals surface area contributed by atoms with Gasteiger partial charge in [-0.2, -0.15) is 4.98 Å². The maximum atomic E-state index is 10.6. The first kappa shape index (κ1) is 21.6. The number of benzene rings is 2. The van der Waals surface area contributed by atoms with Crippen LogP contribution in [0.5, 0.6) is 6.01 Å². The highest BCUT2D eigenvalue weighted by Crippen LogP contribution is 2.32. The third-order valence-electron chi connectivity index (χ3n) is 5.13. The van der Waals surface area contributed by atoms with Crippen molar-refractivity contribution in [3.63, 3.8) is 0 Å². The van der Waals surface area contributed by atoms with E-state index in [0.29, 0.717) is 12.6 Å². The summed E-state index contributed by atoms with van der Waals surface area (Å²) < 4.78 is 8.20. The smallest absolute Gasteiger partial charge is 0.303 e. The van der Waals surface area contributed by atoms with E-state index in [1.807, 2.05) is 25.1 Å².